The van der Waals surface area contributed by atoms with Crippen LogP contribution in [-0.2, 0) is 9.57 Å². The lowest BCUT2D eigenvalue weighted by molar-refractivity contribution is -0.679. The normalized spacial score (nSPS) is 15.8. The van der Waals surface area contributed by atoms with Gasteiger partial charge >= 0.3 is 5.97 Å². The summed E-state index contributed by atoms with van der Waals surface area (Å²) in [6, 6.07) is 14.2. The molecule has 1 heterocycles. The van der Waals surface area contributed by atoms with Crippen LogP contribution in [0.2, 0.25) is 0 Å². The number of nitrogens with one attached hydrogen (secondary N) is 1. The molecule has 1 aliphatic carbocycles. The Morgan fingerprint density at radius 3 is 2.11 bits per heavy atom. The van der Waals surface area contributed by atoms with Crippen molar-refractivity contribution in [3.05, 3.63) is 76.6 Å². The van der Waals surface area contributed by atoms with Gasteiger partial charge in [0, 0.05) is 56.1 Å². The van der Waals surface area contributed by atoms with Gasteiger partial charge in [0.2, 0.25) is 11.6 Å². The summed E-state index contributed by atoms with van der Waals surface area (Å²) in [6.07, 6.45) is 0. The Kier molecular flexibility index (Phi) is 8.96. The lowest BCUT2D eigenvalue weighted by atomic mass is 9.90. The predicted molar refractivity (Wildman–Crippen MR) is 131 cm³/mol. The maximum Gasteiger partial charge on any atom is 0.337 e. The Hall–Kier alpha value is -3.73. The number of hydrogen-bond donors (Lipinski definition) is 3. The lowest BCUT2D eigenvalue weighted by Gasteiger charge is -2.36. The first-order valence-electron chi connectivity index (χ1n) is 11.3. The van der Waals surface area contributed by atoms with Gasteiger partial charge in [0.05, 0.1) is 19.8 Å². The Bertz CT molecular complexity index is 1090. The summed E-state index contributed by atoms with van der Waals surface area (Å²) in [5, 5.41) is 3.09. The number of allylic oxidation sites excluding steroid dienone is 2. The molecule has 0 unspecified atom stereocenters. The Morgan fingerprint density at radius 2 is 1.54 bits per heavy atom. The second-order valence-corrected chi connectivity index (χ2v) is 8.08. The van der Waals surface area contributed by atoms with Gasteiger partial charge in [-0.2, -0.15) is 0 Å². The molecule has 2 aromatic rings. The third-order valence-electron chi connectivity index (χ3n) is 5.91. The number of ketones is 2. The van der Waals surface area contributed by atoms with Gasteiger partial charge in [-0.3, -0.25) is 14.5 Å². The van der Waals surface area contributed by atoms with Crippen molar-refractivity contribution in [2.24, 2.45) is 5.73 Å². The van der Waals surface area contributed by atoms with E-state index in [9.17, 15) is 14.4 Å². The molecule has 0 saturated carbocycles. The molecule has 0 atom stereocenters. The topological polar surface area (TPSA) is 142 Å². The fourth-order valence-corrected chi connectivity index (χ4v) is 4.07. The van der Waals surface area contributed by atoms with Crippen molar-refractivity contribution in [1.29, 1.82) is 0 Å². The van der Waals surface area contributed by atoms with Gasteiger partial charge in [0.1, 0.15) is 11.4 Å². The largest absolute Gasteiger partial charge is 0.465 e. The van der Waals surface area contributed by atoms with E-state index in [1.54, 1.807) is 36.4 Å². The zero-order valence-corrected chi connectivity index (χ0v) is 20.1. The number of Topliss-reactive ketones (excluding diaryl/α,β-unsaturated/α-hetero) is 2. The molecule has 35 heavy (non-hydrogen) atoms. The quantitative estimate of drug-likeness (QED) is 0.389. The number of ether oxygens (including phenoxy) is 1. The first kappa shape index (κ1) is 25.9. The number of piperazine rings is 1. The predicted octanol–water partition coefficient (Wildman–Crippen LogP) is 0.224. The van der Waals surface area contributed by atoms with Gasteiger partial charge in [-0.15, -0.1) is 0 Å². The van der Waals surface area contributed by atoms with Gasteiger partial charge in [-0.25, -0.2) is 15.5 Å². The Balaban J connectivity index is 0.00000108. The molecule has 0 bridgehead atoms. The number of esters is 1. The summed E-state index contributed by atoms with van der Waals surface area (Å²) < 4.78 is 4.74. The molecule has 0 aromatic heterocycles. The summed E-state index contributed by atoms with van der Waals surface area (Å²) in [5.41, 5.74) is 8.49. The molecule has 186 valence electrons. The van der Waals surface area contributed by atoms with E-state index in [1.807, 2.05) is 12.1 Å². The molecule has 1 fully saturated rings. The number of benzene rings is 2. The van der Waals surface area contributed by atoms with E-state index in [4.69, 9.17) is 10.5 Å². The van der Waals surface area contributed by atoms with Gasteiger partial charge in [0.15, 0.2) is 0 Å². The molecule has 1 aliphatic heterocycles. The number of fused-ring (bicyclic) bond motifs is 1. The van der Waals surface area contributed by atoms with E-state index < -0.39 is 0 Å². The second-order valence-electron chi connectivity index (χ2n) is 8.08. The summed E-state index contributed by atoms with van der Waals surface area (Å²) in [6.45, 7) is 4.69. The smallest absolute Gasteiger partial charge is 0.337 e. The number of nitrogens with zero attached hydrogens (tertiary/aromatic N) is 2. The average molecular weight is 483 g/mol. The Labute approximate surface area is 204 Å². The van der Waals surface area contributed by atoms with E-state index in [2.05, 4.69) is 25.9 Å². The van der Waals surface area contributed by atoms with Crippen LogP contribution in [0.4, 0.5) is 5.69 Å². The lowest BCUT2D eigenvalue weighted by Crippen LogP contribution is -2.48. The van der Waals surface area contributed by atoms with Crippen LogP contribution in [0.25, 0.3) is 0 Å². The fraction of sp³-hybridized carbons (Fsp3) is 0.320. The van der Waals surface area contributed by atoms with E-state index in [-0.39, 0.29) is 28.9 Å². The maximum absolute atomic E-state index is 12.7. The van der Waals surface area contributed by atoms with Crippen LogP contribution in [0.15, 0.2) is 59.9 Å². The molecule has 2 aliphatic rings. The van der Waals surface area contributed by atoms with Gasteiger partial charge < -0.3 is 20.7 Å². The maximum atomic E-state index is 12.7. The molecule has 0 spiro atoms. The minimum Gasteiger partial charge on any atom is -0.465 e. The van der Waals surface area contributed by atoms with E-state index in [0.29, 0.717) is 23.2 Å². The number of carbonyl (C=O) groups is 3. The monoisotopic (exact) mass is 482 g/mol. The standard InChI is InChI=1S/C24H26N4O4.CH6NO/c1-32-24(31)16-6-8-17(9-7-16)28-14-12-27(13-15-28)11-10-26-21-20(25)22(29)18-4-2-3-5-19(18)23(21)30;1-3-2/h2-9,26H,10-15,25H2,1H3;1-2H3/q;+1. The van der Waals surface area contributed by atoms with Crippen molar-refractivity contribution < 1.29 is 29.9 Å². The number of carbonyl (C=O) groups excluding carboxylic acids is 3. The van der Waals surface area contributed by atoms with Crippen molar-refractivity contribution in [2.75, 3.05) is 58.4 Å². The van der Waals surface area contributed by atoms with Gasteiger partial charge in [0.25, 0.3) is 0 Å². The van der Waals surface area contributed by atoms with Crippen molar-refractivity contribution in [1.82, 2.24) is 10.2 Å². The molecule has 10 heteroatoms. The SMILES string of the molecule is COC(=O)c1ccc(N2CCN(CCNC3=C(N)C(=O)c4ccccc4C3=O)CC2)cc1.CO[NH3+]. The highest BCUT2D eigenvalue weighted by atomic mass is 16.6. The van der Waals surface area contributed by atoms with Crippen LogP contribution in [0.5, 0.6) is 0 Å². The highest BCUT2D eigenvalue weighted by Crippen LogP contribution is 2.22. The third-order valence-corrected chi connectivity index (χ3v) is 5.91. The first-order chi connectivity index (χ1) is 16.9. The van der Waals surface area contributed by atoms with Crippen molar-refractivity contribution >= 4 is 23.2 Å². The van der Waals surface area contributed by atoms with E-state index >= 15 is 0 Å². The molecule has 2 aromatic carbocycles. The highest BCUT2D eigenvalue weighted by molar-refractivity contribution is 6.26. The minimum atomic E-state index is -0.341. The van der Waals surface area contributed by atoms with E-state index in [0.717, 1.165) is 38.4 Å². The molecule has 0 radical (unpaired) electrons. The molecule has 6 N–H and O–H groups in total. The number of hydrogen-bond acceptors (Lipinski definition) is 9. The zero-order valence-electron chi connectivity index (χ0n) is 20.1. The fourth-order valence-electron chi connectivity index (χ4n) is 4.07. The molecular formula is C25H32N5O5+. The number of anilines is 1. The summed E-state index contributed by atoms with van der Waals surface area (Å²) >= 11 is 0. The summed E-state index contributed by atoms with van der Waals surface area (Å²) in [4.78, 5) is 45.4. The molecule has 4 rings (SSSR count). The van der Waals surface area contributed by atoms with Gasteiger partial charge in [-0.05, 0) is 24.3 Å². The summed E-state index contributed by atoms with van der Waals surface area (Å²) in [5.74, 6) is 2.10. The van der Waals surface area contributed by atoms with Crippen LogP contribution in [0.1, 0.15) is 31.1 Å². The second kappa shape index (κ2) is 12.1. The number of rotatable bonds is 6. The van der Waals surface area contributed by atoms with Crippen molar-refractivity contribution in [3.8, 4) is 0 Å². The summed E-state index contributed by atoms with van der Waals surface area (Å²) in [7, 11) is 2.89. The highest BCUT2D eigenvalue weighted by Gasteiger charge is 2.30. The molecular weight excluding hydrogens is 450 g/mol. The Morgan fingerprint density at radius 1 is 0.971 bits per heavy atom. The third kappa shape index (κ3) is 6.04. The number of nitrogens with two attached hydrogens (primary N) is 1. The molecule has 0 amide bonds. The number of quaternary nitrogens is 1. The van der Waals surface area contributed by atoms with Crippen LogP contribution in [-0.4, -0.2) is 75.9 Å². The van der Waals surface area contributed by atoms with Crippen LogP contribution >= 0.6 is 0 Å². The molecule has 1 saturated heterocycles. The van der Waals surface area contributed by atoms with Crippen molar-refractivity contribution in [3.63, 3.8) is 0 Å². The number of methoxy groups -OCH3 is 1. The van der Waals surface area contributed by atoms with E-state index in [1.165, 1.54) is 14.2 Å². The van der Waals surface area contributed by atoms with Crippen LogP contribution < -0.4 is 21.8 Å². The van der Waals surface area contributed by atoms with Crippen LogP contribution in [0.3, 0.4) is 0 Å². The zero-order chi connectivity index (χ0) is 25.4. The minimum absolute atomic E-state index is 0.0195. The van der Waals surface area contributed by atoms with Crippen molar-refractivity contribution in [2.45, 2.75) is 0 Å². The van der Waals surface area contributed by atoms with Crippen LogP contribution in [0, 0.1) is 0 Å². The first-order valence-corrected chi connectivity index (χ1v) is 11.3. The molecule has 10 nitrogen and oxygen atoms in total. The van der Waals surface area contributed by atoms with Gasteiger partial charge in [-0.1, -0.05) is 24.3 Å². The average Bonchev–Trinajstić information content (AvgIpc) is 2.90.